The summed E-state index contributed by atoms with van der Waals surface area (Å²) in [5.74, 6) is 0.360. The molecule has 1 amide bonds. The molecule has 1 atom stereocenters. The number of hydrogen-bond donors (Lipinski definition) is 1. The molecule has 21 heavy (non-hydrogen) atoms. The highest BCUT2D eigenvalue weighted by molar-refractivity contribution is 8.00. The van der Waals surface area contributed by atoms with Gasteiger partial charge in [-0.1, -0.05) is 18.9 Å². The van der Waals surface area contributed by atoms with E-state index in [1.807, 2.05) is 11.8 Å². The number of carbonyl (C=O) groups excluding carboxylic acids is 1. The number of carbonyl (C=O) groups is 1. The molecule has 1 saturated heterocycles. The molecule has 3 nitrogen and oxygen atoms in total. The first-order valence-electron chi connectivity index (χ1n) is 7.85. The lowest BCUT2D eigenvalue weighted by atomic mass is 9.98. The van der Waals surface area contributed by atoms with Gasteiger partial charge in [-0.2, -0.15) is 11.8 Å². The Labute approximate surface area is 134 Å². The molecule has 0 radical (unpaired) electrons. The van der Waals surface area contributed by atoms with Crippen LogP contribution in [0.15, 0.2) is 17.5 Å². The van der Waals surface area contributed by atoms with Crippen LogP contribution in [0.3, 0.4) is 0 Å². The summed E-state index contributed by atoms with van der Waals surface area (Å²) in [6.45, 7) is 0.907. The minimum atomic E-state index is -0.261. The molecule has 4 rings (SSSR count). The fourth-order valence-corrected chi connectivity index (χ4v) is 5.41. The molecule has 0 bridgehead atoms. The van der Waals surface area contributed by atoms with Crippen LogP contribution in [0.2, 0.25) is 0 Å². The third-order valence-corrected chi connectivity index (χ3v) is 7.69. The van der Waals surface area contributed by atoms with Crippen LogP contribution < -0.4 is 5.32 Å². The largest absolute Gasteiger partial charge is 0.319 e. The van der Waals surface area contributed by atoms with Crippen molar-refractivity contribution in [2.45, 2.75) is 55.0 Å². The Morgan fingerprint density at radius 1 is 1.38 bits per heavy atom. The standard InChI is InChI=1S/C16H22N2OS2/c1-20-15(8-9-15)11-18-13(12-5-4-10-21-12)17-16(14(18)19)6-2-3-7-16/h4-5,10,13,17H,2-3,6-9,11H2,1H3. The van der Waals surface area contributed by atoms with Crippen LogP contribution in [0.25, 0.3) is 0 Å². The Balaban J connectivity index is 1.65. The first kappa shape index (κ1) is 14.1. The van der Waals surface area contributed by atoms with E-state index in [9.17, 15) is 4.79 Å². The molecule has 5 heteroatoms. The number of nitrogens with one attached hydrogen (secondary N) is 1. The third kappa shape index (κ3) is 2.25. The minimum absolute atomic E-state index is 0.0974. The lowest BCUT2D eigenvalue weighted by molar-refractivity contribution is -0.133. The van der Waals surface area contributed by atoms with Gasteiger partial charge < -0.3 is 4.90 Å². The second-order valence-electron chi connectivity index (χ2n) is 6.67. The van der Waals surface area contributed by atoms with Gasteiger partial charge >= 0.3 is 0 Å². The molecule has 3 fully saturated rings. The topological polar surface area (TPSA) is 32.3 Å². The Morgan fingerprint density at radius 2 is 2.14 bits per heavy atom. The molecule has 2 saturated carbocycles. The van der Waals surface area contributed by atoms with Crippen molar-refractivity contribution in [2.75, 3.05) is 12.8 Å². The van der Waals surface area contributed by atoms with Gasteiger partial charge in [-0.3, -0.25) is 10.1 Å². The summed E-state index contributed by atoms with van der Waals surface area (Å²) in [5, 5.41) is 5.83. The minimum Gasteiger partial charge on any atom is -0.319 e. The first-order valence-corrected chi connectivity index (χ1v) is 9.96. The van der Waals surface area contributed by atoms with Crippen molar-refractivity contribution < 1.29 is 4.79 Å². The summed E-state index contributed by atoms with van der Waals surface area (Å²) in [6.07, 6.45) is 9.17. The summed E-state index contributed by atoms with van der Waals surface area (Å²) in [7, 11) is 0. The van der Waals surface area contributed by atoms with Gasteiger partial charge in [0.15, 0.2) is 0 Å². The predicted molar refractivity (Wildman–Crippen MR) is 88.6 cm³/mol. The van der Waals surface area contributed by atoms with Crippen LogP contribution in [0.5, 0.6) is 0 Å². The van der Waals surface area contributed by atoms with Gasteiger partial charge in [0.25, 0.3) is 0 Å². The molecule has 1 unspecified atom stereocenters. The van der Waals surface area contributed by atoms with Crippen LogP contribution in [-0.2, 0) is 4.79 Å². The number of rotatable bonds is 4. The van der Waals surface area contributed by atoms with E-state index in [1.165, 1.54) is 30.6 Å². The molecule has 1 aromatic heterocycles. The SMILES string of the molecule is CSC1(CN2C(=O)C3(CCCC3)NC2c2cccs2)CC1. The number of amides is 1. The monoisotopic (exact) mass is 322 g/mol. The van der Waals surface area contributed by atoms with E-state index >= 15 is 0 Å². The Morgan fingerprint density at radius 3 is 2.71 bits per heavy atom. The number of hydrogen-bond acceptors (Lipinski definition) is 4. The fourth-order valence-electron chi connectivity index (χ4n) is 3.84. The van der Waals surface area contributed by atoms with Gasteiger partial charge in [-0.25, -0.2) is 0 Å². The van der Waals surface area contributed by atoms with Gasteiger partial charge in [0, 0.05) is 16.2 Å². The molecule has 0 aromatic carbocycles. The van der Waals surface area contributed by atoms with E-state index in [2.05, 4.69) is 34.0 Å². The molecular formula is C16H22N2OS2. The van der Waals surface area contributed by atoms with Crippen molar-refractivity contribution in [3.05, 3.63) is 22.4 Å². The lowest BCUT2D eigenvalue weighted by Crippen LogP contribution is -2.44. The lowest BCUT2D eigenvalue weighted by Gasteiger charge is -2.27. The molecule has 1 N–H and O–H groups in total. The van der Waals surface area contributed by atoms with Crippen LogP contribution in [-0.4, -0.2) is 33.9 Å². The maximum absolute atomic E-state index is 13.1. The van der Waals surface area contributed by atoms with Crippen LogP contribution in [0.1, 0.15) is 49.6 Å². The van der Waals surface area contributed by atoms with Crippen molar-refractivity contribution >= 4 is 29.0 Å². The first-order chi connectivity index (χ1) is 10.2. The zero-order chi connectivity index (χ0) is 14.5. The van der Waals surface area contributed by atoms with Gasteiger partial charge in [-0.05, 0) is 43.4 Å². The molecule has 1 aromatic rings. The number of nitrogens with zero attached hydrogens (tertiary/aromatic N) is 1. The summed E-state index contributed by atoms with van der Waals surface area (Å²) >= 11 is 3.70. The molecule has 2 heterocycles. The average molecular weight is 322 g/mol. The third-order valence-electron chi connectivity index (χ3n) is 5.36. The van der Waals surface area contributed by atoms with Gasteiger partial charge in [0.2, 0.25) is 5.91 Å². The van der Waals surface area contributed by atoms with Crippen molar-refractivity contribution in [3.8, 4) is 0 Å². The molecule has 3 aliphatic rings. The Bertz CT molecular complexity index is 532. The van der Waals surface area contributed by atoms with E-state index < -0.39 is 0 Å². The Kier molecular flexibility index (Phi) is 3.36. The molecule has 2 aliphatic carbocycles. The fraction of sp³-hybridized carbons (Fsp3) is 0.688. The molecule has 1 spiro atoms. The number of thioether (sulfide) groups is 1. The zero-order valence-electron chi connectivity index (χ0n) is 12.4. The average Bonchev–Trinajstić information content (AvgIpc) is 2.90. The van der Waals surface area contributed by atoms with Gasteiger partial charge in [0.05, 0.1) is 5.54 Å². The molecule has 1 aliphatic heterocycles. The van der Waals surface area contributed by atoms with Crippen LogP contribution in [0, 0.1) is 0 Å². The van der Waals surface area contributed by atoms with Crippen molar-refractivity contribution in [2.24, 2.45) is 0 Å². The summed E-state index contributed by atoms with van der Waals surface area (Å²) in [4.78, 5) is 16.6. The second kappa shape index (κ2) is 5.00. The summed E-state index contributed by atoms with van der Waals surface area (Å²) in [5.41, 5.74) is -0.261. The predicted octanol–water partition coefficient (Wildman–Crippen LogP) is 3.39. The van der Waals surface area contributed by atoms with E-state index in [-0.39, 0.29) is 11.7 Å². The zero-order valence-corrected chi connectivity index (χ0v) is 14.1. The van der Waals surface area contributed by atoms with Gasteiger partial charge in [0.1, 0.15) is 6.17 Å². The van der Waals surface area contributed by atoms with Crippen LogP contribution >= 0.6 is 23.1 Å². The van der Waals surface area contributed by atoms with E-state index in [1.54, 1.807) is 11.3 Å². The van der Waals surface area contributed by atoms with E-state index in [0.29, 0.717) is 10.7 Å². The highest BCUT2D eigenvalue weighted by Crippen LogP contribution is 2.51. The normalized spacial score (nSPS) is 29.5. The van der Waals surface area contributed by atoms with Crippen molar-refractivity contribution in [1.82, 2.24) is 10.2 Å². The summed E-state index contributed by atoms with van der Waals surface area (Å²) < 4.78 is 0.330. The highest BCUT2D eigenvalue weighted by Gasteiger charge is 2.56. The number of thiophene rings is 1. The van der Waals surface area contributed by atoms with Crippen molar-refractivity contribution in [1.29, 1.82) is 0 Å². The maximum Gasteiger partial charge on any atom is 0.244 e. The smallest absolute Gasteiger partial charge is 0.244 e. The maximum atomic E-state index is 13.1. The molecule has 114 valence electrons. The quantitative estimate of drug-likeness (QED) is 0.922. The van der Waals surface area contributed by atoms with E-state index in [4.69, 9.17) is 0 Å². The van der Waals surface area contributed by atoms with Gasteiger partial charge in [-0.15, -0.1) is 11.3 Å². The second-order valence-corrected chi connectivity index (χ2v) is 8.93. The van der Waals surface area contributed by atoms with Crippen LogP contribution in [0.4, 0.5) is 0 Å². The highest BCUT2D eigenvalue weighted by atomic mass is 32.2. The Hall–Kier alpha value is -0.520. The van der Waals surface area contributed by atoms with E-state index in [0.717, 1.165) is 19.4 Å². The van der Waals surface area contributed by atoms with Crippen molar-refractivity contribution in [3.63, 3.8) is 0 Å². The summed E-state index contributed by atoms with van der Waals surface area (Å²) in [6, 6.07) is 4.25. The molecular weight excluding hydrogens is 300 g/mol.